The van der Waals surface area contributed by atoms with Crippen molar-refractivity contribution < 1.29 is 14.0 Å². The van der Waals surface area contributed by atoms with Crippen LogP contribution in [0, 0.1) is 5.82 Å². The Balaban J connectivity index is 1.52. The molecule has 0 aliphatic carbocycles. The van der Waals surface area contributed by atoms with Crippen molar-refractivity contribution in [2.75, 3.05) is 13.1 Å². The molecule has 0 saturated carbocycles. The maximum Gasteiger partial charge on any atom is 0.338 e. The summed E-state index contributed by atoms with van der Waals surface area (Å²) in [6.07, 6.45) is 4.31. The Morgan fingerprint density at radius 3 is 2.62 bits per heavy atom. The average molecular weight is 417 g/mol. The fourth-order valence-corrected chi connectivity index (χ4v) is 3.53. The van der Waals surface area contributed by atoms with Crippen LogP contribution in [0.2, 0.25) is 5.28 Å². The smallest absolute Gasteiger partial charge is 0.332 e. The van der Waals surface area contributed by atoms with Gasteiger partial charge in [-0.1, -0.05) is 12.1 Å². The topological polar surface area (TPSA) is 90.8 Å². The first kappa shape index (κ1) is 19.3. The van der Waals surface area contributed by atoms with Crippen molar-refractivity contribution in [1.29, 1.82) is 0 Å². The van der Waals surface area contributed by atoms with E-state index in [2.05, 4.69) is 20.4 Å². The summed E-state index contributed by atoms with van der Waals surface area (Å²) in [5.41, 5.74) is 1.94. The number of hydrogen-bond donors (Lipinski definition) is 1. The predicted octanol–water partition coefficient (Wildman–Crippen LogP) is 2.19. The molecular weight excluding hydrogens is 399 g/mol. The first-order valence-electron chi connectivity index (χ1n) is 9.17. The molecular formula is C19H18ClFN6O2. The number of amides is 3. The van der Waals surface area contributed by atoms with Gasteiger partial charge in [-0.05, 0) is 30.2 Å². The molecule has 1 fully saturated rings. The number of carbonyl (C=O) groups excluding carboxylic acids is 2. The fraction of sp³-hybridized carbons (Fsp3) is 0.316. The molecule has 2 aromatic rings. The Hall–Kier alpha value is -3.07. The summed E-state index contributed by atoms with van der Waals surface area (Å²) in [7, 11) is 0. The molecule has 0 radical (unpaired) electrons. The molecule has 150 valence electrons. The van der Waals surface area contributed by atoms with Gasteiger partial charge >= 0.3 is 6.03 Å². The van der Waals surface area contributed by atoms with Gasteiger partial charge in [0.15, 0.2) is 0 Å². The van der Waals surface area contributed by atoms with Crippen molar-refractivity contribution >= 4 is 29.3 Å². The third-order valence-corrected chi connectivity index (χ3v) is 5.06. The van der Waals surface area contributed by atoms with Crippen LogP contribution in [0.4, 0.5) is 9.18 Å². The number of benzene rings is 1. The van der Waals surface area contributed by atoms with Crippen molar-refractivity contribution in [2.45, 2.75) is 25.4 Å². The second kappa shape index (κ2) is 8.12. The molecule has 3 amide bonds. The standard InChI is InChI=1S/C19H18ClFN6O2/c20-18-22-8-12(9-23-18)10-24-19(29)27-11-15(26-7-1-2-16(26)28)17(25-27)13-3-5-14(21)6-4-13/h3-6,8-9,15H,1-2,7,10-11H2,(H,24,29)/t15-/m1/s1. The van der Waals surface area contributed by atoms with E-state index in [0.29, 0.717) is 29.8 Å². The molecule has 0 bridgehead atoms. The Bertz CT molecular complexity index is 950. The number of carbonyl (C=O) groups is 2. The van der Waals surface area contributed by atoms with E-state index >= 15 is 0 Å². The summed E-state index contributed by atoms with van der Waals surface area (Å²) in [5, 5.41) is 8.63. The van der Waals surface area contributed by atoms with Gasteiger partial charge in [0.25, 0.3) is 0 Å². The van der Waals surface area contributed by atoms with Crippen LogP contribution in [0.3, 0.4) is 0 Å². The molecule has 1 N–H and O–H groups in total. The van der Waals surface area contributed by atoms with Crippen molar-refractivity contribution in [3.63, 3.8) is 0 Å². The Morgan fingerprint density at radius 2 is 1.97 bits per heavy atom. The fourth-order valence-electron chi connectivity index (χ4n) is 3.43. The zero-order chi connectivity index (χ0) is 20.4. The van der Waals surface area contributed by atoms with Crippen LogP contribution in [0.1, 0.15) is 24.0 Å². The number of likely N-dealkylation sites (tertiary alicyclic amines) is 1. The van der Waals surface area contributed by atoms with Gasteiger partial charge in [0, 0.05) is 43.0 Å². The molecule has 1 aromatic heterocycles. The lowest BCUT2D eigenvalue weighted by Crippen LogP contribution is -2.45. The number of rotatable bonds is 4. The van der Waals surface area contributed by atoms with Gasteiger partial charge < -0.3 is 10.2 Å². The van der Waals surface area contributed by atoms with Crippen LogP contribution < -0.4 is 5.32 Å². The third kappa shape index (κ3) is 4.19. The highest BCUT2D eigenvalue weighted by Gasteiger charge is 2.38. The van der Waals surface area contributed by atoms with E-state index in [9.17, 15) is 14.0 Å². The number of urea groups is 1. The molecule has 29 heavy (non-hydrogen) atoms. The van der Waals surface area contributed by atoms with Crippen molar-refractivity contribution in [2.24, 2.45) is 5.10 Å². The van der Waals surface area contributed by atoms with Crippen LogP contribution in [0.15, 0.2) is 41.8 Å². The summed E-state index contributed by atoms with van der Waals surface area (Å²) in [4.78, 5) is 34.4. The molecule has 2 aliphatic rings. The maximum absolute atomic E-state index is 13.3. The first-order valence-corrected chi connectivity index (χ1v) is 9.55. The maximum atomic E-state index is 13.3. The molecule has 1 atom stereocenters. The summed E-state index contributed by atoms with van der Waals surface area (Å²) < 4.78 is 13.3. The van der Waals surface area contributed by atoms with E-state index in [4.69, 9.17) is 11.6 Å². The van der Waals surface area contributed by atoms with Crippen LogP contribution in [0.5, 0.6) is 0 Å². The second-order valence-electron chi connectivity index (χ2n) is 6.80. The summed E-state index contributed by atoms with van der Waals surface area (Å²) >= 11 is 5.66. The van der Waals surface area contributed by atoms with Gasteiger partial charge in [-0.3, -0.25) is 4.79 Å². The second-order valence-corrected chi connectivity index (χ2v) is 7.14. The first-order chi connectivity index (χ1) is 14.0. The molecule has 1 saturated heterocycles. The van der Waals surface area contributed by atoms with Crippen LogP contribution in [0.25, 0.3) is 0 Å². The number of nitrogens with one attached hydrogen (secondary N) is 1. The minimum Gasteiger partial charge on any atom is -0.332 e. The molecule has 1 aromatic carbocycles. The van der Waals surface area contributed by atoms with Crippen molar-refractivity contribution in [1.82, 2.24) is 25.2 Å². The minimum atomic E-state index is -0.409. The average Bonchev–Trinajstić information content (AvgIpc) is 3.34. The number of aromatic nitrogens is 2. The molecule has 2 aliphatic heterocycles. The van der Waals surface area contributed by atoms with Gasteiger partial charge in [0.05, 0.1) is 18.3 Å². The number of halogens is 2. The minimum absolute atomic E-state index is 0.0328. The quantitative estimate of drug-likeness (QED) is 0.773. The Morgan fingerprint density at radius 1 is 1.24 bits per heavy atom. The predicted molar refractivity (Wildman–Crippen MR) is 104 cm³/mol. The highest BCUT2D eigenvalue weighted by Crippen LogP contribution is 2.24. The van der Waals surface area contributed by atoms with Gasteiger partial charge in [0.1, 0.15) is 5.82 Å². The van der Waals surface area contributed by atoms with Crippen LogP contribution in [-0.2, 0) is 11.3 Å². The molecule has 0 spiro atoms. The SMILES string of the molecule is O=C(NCc1cnc(Cl)nc1)N1C[C@@H](N2CCCC2=O)C(c2ccc(F)cc2)=N1. The molecule has 0 unspecified atom stereocenters. The van der Waals surface area contributed by atoms with Gasteiger partial charge in [0.2, 0.25) is 11.2 Å². The molecule has 10 heteroatoms. The zero-order valence-corrected chi connectivity index (χ0v) is 16.1. The number of hydrogen-bond acceptors (Lipinski definition) is 5. The monoisotopic (exact) mass is 416 g/mol. The van der Waals surface area contributed by atoms with Crippen molar-refractivity contribution in [3.05, 3.63) is 58.9 Å². The molecule has 4 rings (SSSR count). The number of hydrazone groups is 1. The lowest BCUT2D eigenvalue weighted by molar-refractivity contribution is -0.128. The van der Waals surface area contributed by atoms with E-state index in [0.717, 1.165) is 6.42 Å². The molecule has 3 heterocycles. The Kier molecular flexibility index (Phi) is 5.39. The van der Waals surface area contributed by atoms with E-state index in [1.54, 1.807) is 17.0 Å². The highest BCUT2D eigenvalue weighted by molar-refractivity contribution is 6.28. The zero-order valence-electron chi connectivity index (χ0n) is 15.4. The summed E-state index contributed by atoms with van der Waals surface area (Å²) in [5.74, 6) is -0.327. The van der Waals surface area contributed by atoms with E-state index in [1.807, 2.05) is 0 Å². The van der Waals surface area contributed by atoms with Gasteiger partial charge in [-0.15, -0.1) is 0 Å². The normalized spacial score (nSPS) is 18.9. The van der Waals surface area contributed by atoms with E-state index in [1.165, 1.54) is 29.5 Å². The lowest BCUT2D eigenvalue weighted by Gasteiger charge is -2.25. The largest absolute Gasteiger partial charge is 0.338 e. The van der Waals surface area contributed by atoms with E-state index < -0.39 is 6.03 Å². The summed E-state index contributed by atoms with van der Waals surface area (Å²) in [6.45, 7) is 1.06. The van der Waals surface area contributed by atoms with Crippen LogP contribution in [-0.4, -0.2) is 56.7 Å². The van der Waals surface area contributed by atoms with Crippen molar-refractivity contribution in [3.8, 4) is 0 Å². The molecule has 8 nitrogen and oxygen atoms in total. The lowest BCUT2D eigenvalue weighted by atomic mass is 10.0. The Labute approximate surface area is 171 Å². The number of nitrogens with zero attached hydrogens (tertiary/aromatic N) is 5. The van der Waals surface area contributed by atoms with Gasteiger partial charge in [-0.25, -0.2) is 24.2 Å². The summed E-state index contributed by atoms with van der Waals surface area (Å²) in [6, 6.07) is 5.12. The van der Waals surface area contributed by atoms with Crippen LogP contribution >= 0.6 is 11.6 Å². The van der Waals surface area contributed by atoms with Gasteiger partial charge in [-0.2, -0.15) is 5.10 Å². The highest BCUT2D eigenvalue weighted by atomic mass is 35.5. The van der Waals surface area contributed by atoms with E-state index in [-0.39, 0.29) is 36.1 Å². The third-order valence-electron chi connectivity index (χ3n) is 4.87.